The van der Waals surface area contributed by atoms with E-state index in [4.69, 9.17) is 16.3 Å². The second kappa shape index (κ2) is 6.50. The first-order valence-electron chi connectivity index (χ1n) is 7.05. The van der Waals surface area contributed by atoms with Crippen LogP contribution in [0, 0.1) is 6.92 Å². The molecule has 0 saturated carbocycles. The number of aryl methyl sites for hydroxylation is 1. The maximum absolute atomic E-state index is 12.6. The van der Waals surface area contributed by atoms with Crippen LogP contribution in [-0.2, 0) is 15.5 Å². The lowest BCUT2D eigenvalue weighted by atomic mass is 10.2. The van der Waals surface area contributed by atoms with Crippen molar-refractivity contribution < 1.29 is 13.7 Å². The zero-order chi connectivity index (χ0) is 16.5. The number of nitrogens with zero attached hydrogens (tertiary/aromatic N) is 3. The second-order valence-corrected chi connectivity index (χ2v) is 8.26. The van der Waals surface area contributed by atoms with Crippen molar-refractivity contribution in [2.45, 2.75) is 50.1 Å². The van der Waals surface area contributed by atoms with Crippen LogP contribution in [0.2, 0.25) is 5.15 Å². The highest BCUT2D eigenvalue weighted by atomic mass is 35.5. The van der Waals surface area contributed by atoms with Crippen molar-refractivity contribution in [3.8, 4) is 0 Å². The Morgan fingerprint density at radius 1 is 1.45 bits per heavy atom. The van der Waals surface area contributed by atoms with Gasteiger partial charge in [-0.15, -0.1) is 0 Å². The molecule has 1 amide bonds. The van der Waals surface area contributed by atoms with Crippen LogP contribution in [-0.4, -0.2) is 49.1 Å². The minimum atomic E-state index is -1.40. The van der Waals surface area contributed by atoms with E-state index in [0.29, 0.717) is 25.2 Å². The van der Waals surface area contributed by atoms with Crippen LogP contribution in [0.1, 0.15) is 32.9 Å². The Hall–Kier alpha value is -1.21. The Balaban J connectivity index is 2.03. The molecule has 1 aromatic rings. The lowest BCUT2D eigenvalue weighted by Crippen LogP contribution is -2.36. The van der Waals surface area contributed by atoms with E-state index < -0.39 is 16.4 Å². The van der Waals surface area contributed by atoms with Gasteiger partial charge in [-0.05, 0) is 40.2 Å². The van der Waals surface area contributed by atoms with E-state index in [1.54, 1.807) is 17.9 Å². The minimum Gasteiger partial charge on any atom is -0.444 e. The van der Waals surface area contributed by atoms with Crippen LogP contribution in [0.15, 0.2) is 11.2 Å². The zero-order valence-corrected chi connectivity index (χ0v) is 14.7. The molecule has 1 fully saturated rings. The van der Waals surface area contributed by atoms with Crippen molar-refractivity contribution in [3.05, 3.63) is 16.9 Å². The highest BCUT2D eigenvalue weighted by Gasteiger charge is 2.34. The third-order valence-electron chi connectivity index (χ3n) is 3.08. The van der Waals surface area contributed by atoms with E-state index in [2.05, 4.69) is 9.97 Å². The number of hydrogen-bond donors (Lipinski definition) is 0. The zero-order valence-electron chi connectivity index (χ0n) is 13.1. The summed E-state index contributed by atoms with van der Waals surface area (Å²) in [6.07, 6.45) is 0.246. The summed E-state index contributed by atoms with van der Waals surface area (Å²) in [4.78, 5) is 21.8. The average Bonchev–Trinajstić information content (AvgIpc) is 2.84. The van der Waals surface area contributed by atoms with Gasteiger partial charge < -0.3 is 9.64 Å². The van der Waals surface area contributed by atoms with E-state index in [0.717, 1.165) is 0 Å². The second-order valence-electron chi connectivity index (χ2n) is 6.25. The van der Waals surface area contributed by atoms with E-state index in [-0.39, 0.29) is 21.7 Å². The van der Waals surface area contributed by atoms with Gasteiger partial charge in [0.05, 0.1) is 16.0 Å². The Bertz CT molecular complexity index is 583. The molecule has 6 nitrogen and oxygen atoms in total. The molecule has 1 aliphatic rings. The van der Waals surface area contributed by atoms with Gasteiger partial charge in [0.2, 0.25) is 5.16 Å². The summed E-state index contributed by atoms with van der Waals surface area (Å²) in [7, 11) is -1.40. The number of carbonyl (C=O) groups is 1. The van der Waals surface area contributed by atoms with Gasteiger partial charge in [-0.2, -0.15) is 0 Å². The van der Waals surface area contributed by atoms with Crippen LogP contribution in [0.5, 0.6) is 0 Å². The average molecular weight is 346 g/mol. The molecule has 1 aliphatic heterocycles. The lowest BCUT2D eigenvalue weighted by molar-refractivity contribution is 0.0295. The van der Waals surface area contributed by atoms with Gasteiger partial charge in [-0.3, -0.25) is 4.21 Å². The molecule has 22 heavy (non-hydrogen) atoms. The maximum Gasteiger partial charge on any atom is 0.410 e. The van der Waals surface area contributed by atoms with Crippen LogP contribution in [0.4, 0.5) is 4.79 Å². The normalized spacial score (nSPS) is 20.0. The van der Waals surface area contributed by atoms with Crippen molar-refractivity contribution in [2.24, 2.45) is 0 Å². The molecule has 1 unspecified atom stereocenters. The first-order valence-corrected chi connectivity index (χ1v) is 8.64. The fourth-order valence-electron chi connectivity index (χ4n) is 2.14. The summed E-state index contributed by atoms with van der Waals surface area (Å²) in [6, 6.07) is 1.61. The molecule has 122 valence electrons. The molecule has 8 heteroatoms. The molecule has 0 bridgehead atoms. The number of likely N-dealkylation sites (tertiary alicyclic amines) is 1. The molecular formula is C14H20ClN3O3S. The Kier molecular flexibility index (Phi) is 5.07. The number of hydrogen-bond acceptors (Lipinski definition) is 5. The number of ether oxygens (including phenoxy) is 1. The molecule has 2 rings (SSSR count). The van der Waals surface area contributed by atoms with Gasteiger partial charge in [0.25, 0.3) is 0 Å². The van der Waals surface area contributed by atoms with Crippen LogP contribution in [0.25, 0.3) is 0 Å². The topological polar surface area (TPSA) is 72.4 Å². The van der Waals surface area contributed by atoms with Crippen molar-refractivity contribution in [1.29, 1.82) is 0 Å². The predicted octanol–water partition coefficient (Wildman–Crippen LogP) is 2.56. The third-order valence-corrected chi connectivity index (χ3v) is 4.81. The number of aromatic nitrogens is 2. The van der Waals surface area contributed by atoms with Gasteiger partial charge in [-0.25, -0.2) is 14.8 Å². The van der Waals surface area contributed by atoms with Gasteiger partial charge in [0, 0.05) is 18.8 Å². The van der Waals surface area contributed by atoms with Gasteiger partial charge >= 0.3 is 6.09 Å². The number of amides is 1. The molecule has 2 atom stereocenters. The fourth-order valence-corrected chi connectivity index (χ4v) is 3.78. The number of halogens is 1. The first-order chi connectivity index (χ1) is 10.2. The third kappa shape index (κ3) is 4.39. The van der Waals surface area contributed by atoms with E-state index >= 15 is 0 Å². The highest BCUT2D eigenvalue weighted by Crippen LogP contribution is 2.21. The van der Waals surface area contributed by atoms with Crippen LogP contribution >= 0.6 is 11.6 Å². The van der Waals surface area contributed by atoms with Gasteiger partial charge in [-0.1, -0.05) is 11.6 Å². The standard InChI is InChI=1S/C14H20ClN3O3S/c1-9-7-11(15)17-12(16-9)22(20)10-5-6-18(8-10)13(19)21-14(2,3)4/h7,10H,5-6,8H2,1-4H3/t10-,22?/m0/s1. The lowest BCUT2D eigenvalue weighted by Gasteiger charge is -2.24. The van der Waals surface area contributed by atoms with Crippen molar-refractivity contribution in [3.63, 3.8) is 0 Å². The van der Waals surface area contributed by atoms with Gasteiger partial charge in [0.15, 0.2) is 0 Å². The SMILES string of the molecule is Cc1cc(Cl)nc(S(=O)[C@H]2CCN(C(=O)OC(C)(C)C)C2)n1. The number of carbonyl (C=O) groups excluding carboxylic acids is 1. The molecule has 0 aromatic carbocycles. The smallest absolute Gasteiger partial charge is 0.410 e. The maximum atomic E-state index is 12.6. The Morgan fingerprint density at radius 2 is 2.14 bits per heavy atom. The summed E-state index contributed by atoms with van der Waals surface area (Å²) in [5, 5.41) is 0.296. The van der Waals surface area contributed by atoms with Crippen molar-refractivity contribution >= 4 is 28.5 Å². The number of rotatable bonds is 2. The summed E-state index contributed by atoms with van der Waals surface area (Å²) < 4.78 is 17.9. The van der Waals surface area contributed by atoms with E-state index in [1.807, 2.05) is 20.8 Å². The van der Waals surface area contributed by atoms with E-state index in [1.165, 1.54) is 0 Å². The Labute approximate surface area is 137 Å². The molecule has 1 saturated heterocycles. The van der Waals surface area contributed by atoms with E-state index in [9.17, 15) is 9.00 Å². The molecule has 0 spiro atoms. The summed E-state index contributed by atoms with van der Waals surface area (Å²) in [5.74, 6) is 0. The van der Waals surface area contributed by atoms with Crippen LogP contribution in [0.3, 0.4) is 0 Å². The predicted molar refractivity (Wildman–Crippen MR) is 84.4 cm³/mol. The summed E-state index contributed by atoms with van der Waals surface area (Å²) >= 11 is 5.88. The Morgan fingerprint density at radius 3 is 2.73 bits per heavy atom. The van der Waals surface area contributed by atoms with Crippen molar-refractivity contribution in [2.75, 3.05) is 13.1 Å². The van der Waals surface area contributed by atoms with Crippen molar-refractivity contribution in [1.82, 2.24) is 14.9 Å². The molecule has 1 aromatic heterocycles. The highest BCUT2D eigenvalue weighted by molar-refractivity contribution is 7.85. The van der Waals surface area contributed by atoms with Crippen LogP contribution < -0.4 is 0 Å². The first kappa shape index (κ1) is 17.1. The summed E-state index contributed by atoms with van der Waals surface area (Å²) in [5.41, 5.74) is 0.131. The molecule has 0 aliphatic carbocycles. The molecule has 2 heterocycles. The molecular weight excluding hydrogens is 326 g/mol. The van der Waals surface area contributed by atoms with Gasteiger partial charge in [0.1, 0.15) is 10.8 Å². The molecule has 0 N–H and O–H groups in total. The fraction of sp³-hybridized carbons (Fsp3) is 0.643. The monoisotopic (exact) mass is 345 g/mol. The largest absolute Gasteiger partial charge is 0.444 e. The summed E-state index contributed by atoms with van der Waals surface area (Å²) in [6.45, 7) is 8.12. The minimum absolute atomic E-state index is 0.203. The quantitative estimate of drug-likeness (QED) is 0.608. The molecule has 0 radical (unpaired) electrons.